The first-order valence-corrected chi connectivity index (χ1v) is 5.57. The molecule has 0 saturated carbocycles. The number of benzene rings is 2. The maximum absolute atomic E-state index is 9.94. The highest BCUT2D eigenvalue weighted by Gasteiger charge is 2.29. The lowest BCUT2D eigenvalue weighted by molar-refractivity contribution is 0.474. The van der Waals surface area contributed by atoms with Gasteiger partial charge in [0.05, 0.1) is 17.0 Å². The van der Waals surface area contributed by atoms with Crippen molar-refractivity contribution in [3.8, 4) is 5.75 Å². The molecule has 1 N–H and O–H groups in total. The van der Waals surface area contributed by atoms with Crippen LogP contribution in [0.3, 0.4) is 0 Å². The summed E-state index contributed by atoms with van der Waals surface area (Å²) in [5.41, 5.74) is 6.07. The van der Waals surface area contributed by atoms with Crippen molar-refractivity contribution in [2.75, 3.05) is 0 Å². The first-order valence-electron chi connectivity index (χ1n) is 5.57. The summed E-state index contributed by atoms with van der Waals surface area (Å²) in [6.07, 6.45) is 2.10. The van der Waals surface area contributed by atoms with Crippen LogP contribution in [-0.2, 0) is 0 Å². The molecule has 0 amide bonds. The minimum absolute atomic E-state index is 0.306. The number of rotatable bonds is 0. The Morgan fingerprint density at radius 2 is 1.82 bits per heavy atom. The molecule has 1 heterocycles. The molecule has 0 radical (unpaired) electrons. The maximum atomic E-state index is 9.94. The van der Waals surface area contributed by atoms with Crippen LogP contribution in [-0.4, -0.2) is 10.8 Å². The van der Waals surface area contributed by atoms with E-state index in [0.29, 0.717) is 5.75 Å². The maximum Gasteiger partial charge on any atom is 0.125 e. The van der Waals surface area contributed by atoms with Gasteiger partial charge in [-0.05, 0) is 23.8 Å². The third-order valence-electron chi connectivity index (χ3n) is 3.29. The molecule has 0 spiro atoms. The van der Waals surface area contributed by atoms with E-state index in [1.54, 1.807) is 6.07 Å². The van der Waals surface area contributed by atoms with Crippen LogP contribution in [0, 0.1) is 0 Å². The summed E-state index contributed by atoms with van der Waals surface area (Å²) in [4.78, 5) is 4.60. The second-order valence-corrected chi connectivity index (χ2v) is 4.28. The Balaban J connectivity index is 2.04. The van der Waals surface area contributed by atoms with Crippen molar-refractivity contribution in [1.29, 1.82) is 0 Å². The van der Waals surface area contributed by atoms with Crippen molar-refractivity contribution in [1.82, 2.24) is 0 Å². The van der Waals surface area contributed by atoms with E-state index in [2.05, 4.69) is 23.2 Å². The predicted molar refractivity (Wildman–Crippen MR) is 68.6 cm³/mol. The number of nitrogens with zero attached hydrogens (tertiary/aromatic N) is 1. The molecular weight excluding hydrogens is 210 g/mol. The van der Waals surface area contributed by atoms with E-state index in [4.69, 9.17) is 0 Å². The topological polar surface area (TPSA) is 32.6 Å². The van der Waals surface area contributed by atoms with E-state index < -0.39 is 0 Å². The van der Waals surface area contributed by atoms with Crippen molar-refractivity contribution in [2.45, 2.75) is 0 Å². The van der Waals surface area contributed by atoms with Crippen LogP contribution < -0.4 is 0 Å². The van der Waals surface area contributed by atoms with Crippen molar-refractivity contribution in [3.05, 3.63) is 59.2 Å². The van der Waals surface area contributed by atoms with Crippen LogP contribution in [0.4, 0.5) is 5.69 Å². The summed E-state index contributed by atoms with van der Waals surface area (Å²) < 4.78 is 0. The molecule has 0 unspecified atom stereocenters. The molecule has 2 aromatic rings. The van der Waals surface area contributed by atoms with Crippen molar-refractivity contribution < 1.29 is 5.11 Å². The lowest BCUT2D eigenvalue weighted by Gasteiger charge is -2.01. The Morgan fingerprint density at radius 1 is 0.941 bits per heavy atom. The zero-order chi connectivity index (χ0) is 11.4. The third kappa shape index (κ3) is 1.02. The van der Waals surface area contributed by atoms with Crippen LogP contribution in [0.25, 0.3) is 11.6 Å². The molecule has 4 rings (SSSR count). The molecule has 2 aliphatic rings. The van der Waals surface area contributed by atoms with Gasteiger partial charge in [0.25, 0.3) is 0 Å². The molecule has 17 heavy (non-hydrogen) atoms. The number of aromatic hydroxyl groups is 1. The first-order chi connectivity index (χ1) is 8.34. The van der Waals surface area contributed by atoms with Gasteiger partial charge in [-0.1, -0.05) is 30.3 Å². The quantitative estimate of drug-likeness (QED) is 0.723. The summed E-state index contributed by atoms with van der Waals surface area (Å²) in [7, 11) is 0. The van der Waals surface area contributed by atoms with Crippen LogP contribution in [0.5, 0.6) is 5.75 Å². The molecule has 2 heteroatoms. The van der Waals surface area contributed by atoms with Gasteiger partial charge in [0.15, 0.2) is 0 Å². The highest BCUT2D eigenvalue weighted by Crippen LogP contribution is 2.46. The summed E-state index contributed by atoms with van der Waals surface area (Å²) >= 11 is 0. The summed E-state index contributed by atoms with van der Waals surface area (Å²) in [6, 6.07) is 13.6. The van der Waals surface area contributed by atoms with Gasteiger partial charge in [0.1, 0.15) is 5.75 Å². The van der Waals surface area contributed by atoms with Gasteiger partial charge in [0.2, 0.25) is 0 Å². The van der Waals surface area contributed by atoms with E-state index in [0.717, 1.165) is 28.1 Å². The predicted octanol–water partition coefficient (Wildman–Crippen LogP) is 3.38. The molecule has 2 nitrogen and oxygen atoms in total. The summed E-state index contributed by atoms with van der Waals surface area (Å²) in [6.45, 7) is 0. The van der Waals surface area contributed by atoms with E-state index in [1.165, 1.54) is 5.56 Å². The van der Waals surface area contributed by atoms with Gasteiger partial charge in [-0.15, -0.1) is 0 Å². The Kier molecular flexibility index (Phi) is 1.47. The minimum Gasteiger partial charge on any atom is -0.507 e. The van der Waals surface area contributed by atoms with E-state index >= 15 is 0 Å². The number of allylic oxidation sites excluding steroid dienone is 1. The number of hydrogen-bond donors (Lipinski definition) is 1. The van der Waals surface area contributed by atoms with Crippen LogP contribution in [0.15, 0.2) is 47.5 Å². The van der Waals surface area contributed by atoms with Crippen LogP contribution in [0.2, 0.25) is 0 Å². The average molecular weight is 219 g/mol. The van der Waals surface area contributed by atoms with E-state index in [1.807, 2.05) is 24.3 Å². The Hall–Kier alpha value is -2.35. The van der Waals surface area contributed by atoms with E-state index in [9.17, 15) is 5.11 Å². The molecule has 1 aliphatic carbocycles. The second-order valence-electron chi connectivity index (χ2n) is 4.28. The lowest BCUT2D eigenvalue weighted by atomic mass is 10.0. The number of hydrogen-bond acceptors (Lipinski definition) is 2. The standard InChI is InChI=1S/C15H9NO/c17-13-7-3-6-12-14(13)11-8-9-4-1-2-5-10(9)15(11)16-12/h1-8,17H. The van der Waals surface area contributed by atoms with Crippen molar-refractivity contribution in [2.24, 2.45) is 4.99 Å². The normalized spacial score (nSPS) is 14.8. The van der Waals surface area contributed by atoms with Crippen molar-refractivity contribution in [3.63, 3.8) is 0 Å². The van der Waals surface area contributed by atoms with Crippen molar-refractivity contribution >= 4 is 23.0 Å². The van der Waals surface area contributed by atoms with Crippen LogP contribution in [0.1, 0.15) is 16.7 Å². The monoisotopic (exact) mass is 219 g/mol. The lowest BCUT2D eigenvalue weighted by Crippen LogP contribution is -1.94. The molecule has 2 aromatic carbocycles. The summed E-state index contributed by atoms with van der Waals surface area (Å²) in [5, 5.41) is 9.94. The molecule has 0 atom stereocenters. The number of phenolic OH excluding ortho intramolecular Hbond substituents is 1. The Labute approximate surface area is 98.6 Å². The zero-order valence-corrected chi connectivity index (χ0v) is 9.01. The Bertz CT molecular complexity index is 711. The number of phenols is 1. The third-order valence-corrected chi connectivity index (χ3v) is 3.29. The van der Waals surface area contributed by atoms with Gasteiger partial charge in [0, 0.05) is 11.1 Å². The fourth-order valence-electron chi connectivity index (χ4n) is 2.54. The smallest absolute Gasteiger partial charge is 0.125 e. The molecule has 0 saturated heterocycles. The first kappa shape index (κ1) is 8.76. The molecule has 1 aliphatic heterocycles. The molecule has 0 fully saturated rings. The highest BCUT2D eigenvalue weighted by atomic mass is 16.3. The SMILES string of the molecule is Oc1cccc2c1C1=Cc3ccccc3C1=N2. The molecule has 0 bridgehead atoms. The highest BCUT2D eigenvalue weighted by molar-refractivity contribution is 6.43. The second kappa shape index (κ2) is 2.86. The van der Waals surface area contributed by atoms with E-state index in [-0.39, 0.29) is 0 Å². The number of fused-ring (bicyclic) bond motifs is 5. The zero-order valence-electron chi connectivity index (χ0n) is 9.01. The van der Waals surface area contributed by atoms with Gasteiger partial charge < -0.3 is 5.11 Å². The largest absolute Gasteiger partial charge is 0.507 e. The van der Waals surface area contributed by atoms with Gasteiger partial charge in [-0.2, -0.15) is 0 Å². The van der Waals surface area contributed by atoms with Crippen LogP contribution >= 0.6 is 0 Å². The van der Waals surface area contributed by atoms with Gasteiger partial charge in [-0.25, -0.2) is 4.99 Å². The average Bonchev–Trinajstić information content (AvgIpc) is 2.85. The molecule has 80 valence electrons. The number of aliphatic imine (C=N–C) groups is 1. The fourth-order valence-corrected chi connectivity index (χ4v) is 2.54. The summed E-state index contributed by atoms with van der Waals surface area (Å²) in [5.74, 6) is 0.306. The molecular formula is C15H9NO. The van der Waals surface area contributed by atoms with Gasteiger partial charge in [-0.3, -0.25) is 0 Å². The minimum atomic E-state index is 0.306. The fraction of sp³-hybridized carbons (Fsp3) is 0. The molecule has 0 aromatic heterocycles. The van der Waals surface area contributed by atoms with Gasteiger partial charge >= 0.3 is 0 Å². The Morgan fingerprint density at radius 3 is 2.76 bits per heavy atom.